The van der Waals surface area contributed by atoms with Gasteiger partial charge < -0.3 is 10.2 Å². The van der Waals surface area contributed by atoms with Crippen molar-refractivity contribution in [2.45, 2.75) is 32.6 Å². The van der Waals surface area contributed by atoms with E-state index in [1.807, 2.05) is 6.92 Å². The lowest BCUT2D eigenvalue weighted by Crippen LogP contribution is -2.02. The second-order valence-electron chi connectivity index (χ2n) is 4.89. The van der Waals surface area contributed by atoms with Crippen LogP contribution in [0.2, 0.25) is 0 Å². The molecule has 1 aliphatic rings. The van der Waals surface area contributed by atoms with Crippen LogP contribution in [0.15, 0.2) is 22.6 Å². The van der Waals surface area contributed by atoms with E-state index >= 15 is 0 Å². The van der Waals surface area contributed by atoms with Crippen molar-refractivity contribution in [2.75, 3.05) is 6.54 Å². The highest BCUT2D eigenvalue weighted by atomic mass is 16.4. The van der Waals surface area contributed by atoms with Crippen LogP contribution in [0, 0.1) is 6.92 Å². The van der Waals surface area contributed by atoms with Crippen molar-refractivity contribution in [3.05, 3.63) is 41.0 Å². The van der Waals surface area contributed by atoms with Gasteiger partial charge in [-0.05, 0) is 43.4 Å². The zero-order valence-electron chi connectivity index (χ0n) is 10.7. The highest BCUT2D eigenvalue weighted by molar-refractivity contribution is 5.63. The van der Waals surface area contributed by atoms with Crippen molar-refractivity contribution >= 4 is 0 Å². The molecule has 0 spiro atoms. The van der Waals surface area contributed by atoms with Crippen molar-refractivity contribution in [1.82, 2.24) is 4.98 Å². The van der Waals surface area contributed by atoms with Crippen molar-refractivity contribution in [2.24, 2.45) is 5.73 Å². The number of nitrogens with zero attached hydrogens (tertiary/aromatic N) is 1. The monoisotopic (exact) mass is 242 g/mol. The van der Waals surface area contributed by atoms with Crippen LogP contribution >= 0.6 is 0 Å². The van der Waals surface area contributed by atoms with E-state index in [1.165, 1.54) is 36.0 Å². The third-order valence-corrected chi connectivity index (χ3v) is 3.57. The van der Waals surface area contributed by atoms with Crippen molar-refractivity contribution in [3.63, 3.8) is 0 Å². The molecule has 1 heterocycles. The Hall–Kier alpha value is -1.61. The van der Waals surface area contributed by atoms with Gasteiger partial charge in [-0.15, -0.1) is 0 Å². The van der Waals surface area contributed by atoms with Gasteiger partial charge in [-0.1, -0.05) is 12.1 Å². The van der Waals surface area contributed by atoms with Crippen LogP contribution in [-0.4, -0.2) is 11.5 Å². The lowest BCUT2D eigenvalue weighted by Gasteiger charge is -2.02. The minimum Gasteiger partial charge on any atom is -0.445 e. The SMILES string of the molecule is Cc1oc(CCN)nc1-c1ccc2c(c1)CCC2. The van der Waals surface area contributed by atoms with Crippen molar-refractivity contribution in [3.8, 4) is 11.3 Å². The molecule has 3 heteroatoms. The van der Waals surface area contributed by atoms with Crippen molar-refractivity contribution in [1.29, 1.82) is 0 Å². The van der Waals surface area contributed by atoms with Gasteiger partial charge >= 0.3 is 0 Å². The van der Waals surface area contributed by atoms with Gasteiger partial charge in [0.15, 0.2) is 5.89 Å². The smallest absolute Gasteiger partial charge is 0.196 e. The average Bonchev–Trinajstić information content (AvgIpc) is 2.95. The number of oxazole rings is 1. The zero-order valence-corrected chi connectivity index (χ0v) is 10.7. The number of hydrogen-bond acceptors (Lipinski definition) is 3. The lowest BCUT2D eigenvalue weighted by molar-refractivity contribution is 0.473. The highest BCUT2D eigenvalue weighted by Crippen LogP contribution is 2.29. The van der Waals surface area contributed by atoms with Crippen LogP contribution in [0.4, 0.5) is 0 Å². The maximum absolute atomic E-state index is 5.64. The Labute approximate surface area is 107 Å². The largest absolute Gasteiger partial charge is 0.445 e. The predicted molar refractivity (Wildman–Crippen MR) is 71.5 cm³/mol. The molecule has 0 bridgehead atoms. The van der Waals surface area contributed by atoms with Crippen LogP contribution in [-0.2, 0) is 19.3 Å². The van der Waals surface area contributed by atoms with Gasteiger partial charge in [0.2, 0.25) is 0 Å². The standard InChI is InChI=1S/C15H18N2O/c1-10-15(17-14(18-10)7-8-16)13-6-5-11-3-2-4-12(11)9-13/h5-6,9H,2-4,7-8,16H2,1H3. The van der Waals surface area contributed by atoms with E-state index in [4.69, 9.17) is 10.2 Å². The molecular weight excluding hydrogens is 224 g/mol. The highest BCUT2D eigenvalue weighted by Gasteiger charge is 2.15. The van der Waals surface area contributed by atoms with Crippen LogP contribution in [0.25, 0.3) is 11.3 Å². The van der Waals surface area contributed by atoms with Gasteiger partial charge in [0.25, 0.3) is 0 Å². The number of rotatable bonds is 3. The third kappa shape index (κ3) is 1.95. The first-order valence-electron chi connectivity index (χ1n) is 6.56. The Kier molecular flexibility index (Phi) is 2.92. The molecule has 0 radical (unpaired) electrons. The molecule has 3 nitrogen and oxygen atoms in total. The Morgan fingerprint density at radius 2 is 2.11 bits per heavy atom. The summed E-state index contributed by atoms with van der Waals surface area (Å²) in [6.45, 7) is 2.54. The first kappa shape index (κ1) is 11.5. The molecule has 94 valence electrons. The normalized spacial score (nSPS) is 13.9. The summed E-state index contributed by atoms with van der Waals surface area (Å²) in [5, 5.41) is 0. The molecule has 0 saturated carbocycles. The molecule has 0 fully saturated rings. The maximum Gasteiger partial charge on any atom is 0.196 e. The molecule has 2 aromatic rings. The Balaban J connectivity index is 1.99. The minimum atomic E-state index is 0.573. The van der Waals surface area contributed by atoms with E-state index < -0.39 is 0 Å². The molecule has 0 amide bonds. The van der Waals surface area contributed by atoms with Gasteiger partial charge in [-0.25, -0.2) is 4.98 Å². The van der Waals surface area contributed by atoms with Crippen LogP contribution in [0.3, 0.4) is 0 Å². The fourth-order valence-electron chi connectivity index (χ4n) is 2.67. The van der Waals surface area contributed by atoms with Crippen molar-refractivity contribution < 1.29 is 4.42 Å². The molecule has 0 atom stereocenters. The topological polar surface area (TPSA) is 52.0 Å². The molecule has 1 aliphatic carbocycles. The number of aryl methyl sites for hydroxylation is 3. The second kappa shape index (κ2) is 4.58. The summed E-state index contributed by atoms with van der Waals surface area (Å²) in [6, 6.07) is 6.65. The fourth-order valence-corrected chi connectivity index (χ4v) is 2.67. The summed E-state index contributed by atoms with van der Waals surface area (Å²) < 4.78 is 5.64. The predicted octanol–water partition coefficient (Wildman–Crippen LogP) is 2.64. The van der Waals surface area contributed by atoms with E-state index in [0.717, 1.165) is 17.3 Å². The molecule has 0 aliphatic heterocycles. The van der Waals surface area contributed by atoms with Gasteiger partial charge in [-0.3, -0.25) is 0 Å². The van der Waals surface area contributed by atoms with E-state index in [9.17, 15) is 0 Å². The number of aromatic nitrogens is 1. The summed E-state index contributed by atoms with van der Waals surface area (Å²) in [5.74, 6) is 1.63. The molecular formula is C15H18N2O. The number of fused-ring (bicyclic) bond motifs is 1. The second-order valence-corrected chi connectivity index (χ2v) is 4.89. The van der Waals surface area contributed by atoms with Gasteiger partial charge in [0, 0.05) is 18.5 Å². The first-order valence-corrected chi connectivity index (χ1v) is 6.56. The lowest BCUT2D eigenvalue weighted by atomic mass is 10.0. The van der Waals surface area contributed by atoms with E-state index in [-0.39, 0.29) is 0 Å². The molecule has 18 heavy (non-hydrogen) atoms. The Bertz CT molecular complexity index is 572. The van der Waals surface area contributed by atoms with E-state index in [0.29, 0.717) is 13.0 Å². The van der Waals surface area contributed by atoms with Crippen LogP contribution in [0.1, 0.15) is 29.2 Å². The molecule has 0 saturated heterocycles. The van der Waals surface area contributed by atoms with Gasteiger partial charge in [0.1, 0.15) is 11.5 Å². The number of benzene rings is 1. The van der Waals surface area contributed by atoms with E-state index in [2.05, 4.69) is 23.2 Å². The summed E-state index contributed by atoms with van der Waals surface area (Å²) in [5.41, 5.74) is 10.6. The fraction of sp³-hybridized carbons (Fsp3) is 0.400. The third-order valence-electron chi connectivity index (χ3n) is 3.57. The maximum atomic E-state index is 5.64. The summed E-state index contributed by atoms with van der Waals surface area (Å²) in [4.78, 5) is 4.55. The van der Waals surface area contributed by atoms with Crippen LogP contribution < -0.4 is 5.73 Å². The van der Waals surface area contributed by atoms with E-state index in [1.54, 1.807) is 0 Å². The summed E-state index contributed by atoms with van der Waals surface area (Å²) >= 11 is 0. The van der Waals surface area contributed by atoms with Gasteiger partial charge in [0.05, 0.1) is 0 Å². The summed E-state index contributed by atoms with van der Waals surface area (Å²) in [7, 11) is 0. The molecule has 2 N–H and O–H groups in total. The van der Waals surface area contributed by atoms with Crippen LogP contribution in [0.5, 0.6) is 0 Å². The molecule has 3 rings (SSSR count). The minimum absolute atomic E-state index is 0.573. The number of hydrogen-bond donors (Lipinski definition) is 1. The van der Waals surface area contributed by atoms with Gasteiger partial charge in [-0.2, -0.15) is 0 Å². The Morgan fingerprint density at radius 3 is 2.94 bits per heavy atom. The molecule has 0 unspecified atom stereocenters. The average molecular weight is 242 g/mol. The first-order chi connectivity index (χ1) is 8.78. The Morgan fingerprint density at radius 1 is 1.28 bits per heavy atom. The number of nitrogens with two attached hydrogens (primary N) is 1. The molecule has 1 aromatic heterocycles. The quantitative estimate of drug-likeness (QED) is 0.900. The summed E-state index contributed by atoms with van der Waals surface area (Å²) in [6.07, 6.45) is 4.38. The molecule has 1 aromatic carbocycles. The zero-order chi connectivity index (χ0) is 12.5.